The number of benzene rings is 1. The van der Waals surface area contributed by atoms with E-state index in [4.69, 9.17) is 9.47 Å². The molecule has 1 atom stereocenters. The maximum atomic E-state index is 13.1. The van der Waals surface area contributed by atoms with Crippen molar-refractivity contribution >= 4 is 11.7 Å². The van der Waals surface area contributed by atoms with E-state index < -0.39 is 0 Å². The number of nitrogens with zero attached hydrogens (tertiary/aromatic N) is 3. The molecule has 0 saturated carbocycles. The highest BCUT2D eigenvalue weighted by Crippen LogP contribution is 2.25. The monoisotopic (exact) mass is 371 g/mol. The number of hydrogen-bond donors (Lipinski definition) is 0. The molecule has 3 heterocycles. The van der Waals surface area contributed by atoms with Crippen molar-refractivity contribution in [1.82, 2.24) is 9.88 Å². The van der Waals surface area contributed by atoms with Crippen molar-refractivity contribution in [3.63, 3.8) is 0 Å². The quantitative estimate of drug-likeness (QED) is 0.829. The summed E-state index contributed by atoms with van der Waals surface area (Å²) in [6, 6.07) is 10.1. The van der Waals surface area contributed by atoms with Crippen LogP contribution in [-0.2, 0) is 9.47 Å². The van der Waals surface area contributed by atoms with Crippen molar-refractivity contribution in [3.05, 3.63) is 59.5 Å². The van der Waals surface area contributed by atoms with E-state index in [1.807, 2.05) is 12.1 Å². The summed E-state index contributed by atoms with van der Waals surface area (Å²) in [6.45, 7) is 4.31. The van der Waals surface area contributed by atoms with E-state index in [2.05, 4.69) is 9.88 Å². The van der Waals surface area contributed by atoms with Gasteiger partial charge in [-0.2, -0.15) is 0 Å². The van der Waals surface area contributed by atoms with E-state index in [1.54, 1.807) is 23.2 Å². The van der Waals surface area contributed by atoms with Crippen molar-refractivity contribution < 1.29 is 18.7 Å². The number of aromatic nitrogens is 1. The van der Waals surface area contributed by atoms with Gasteiger partial charge in [0.1, 0.15) is 17.7 Å². The van der Waals surface area contributed by atoms with Gasteiger partial charge in [0.15, 0.2) is 0 Å². The molecule has 2 saturated heterocycles. The van der Waals surface area contributed by atoms with Gasteiger partial charge in [0, 0.05) is 32.4 Å². The zero-order valence-corrected chi connectivity index (χ0v) is 15.0. The Morgan fingerprint density at radius 3 is 2.52 bits per heavy atom. The molecule has 1 amide bonds. The van der Waals surface area contributed by atoms with E-state index >= 15 is 0 Å². The lowest BCUT2D eigenvalue weighted by atomic mass is 10.1. The van der Waals surface area contributed by atoms with Crippen LogP contribution < -0.4 is 4.90 Å². The smallest absolute Gasteiger partial charge is 0.255 e. The average Bonchev–Trinajstić information content (AvgIpc) is 2.75. The average molecular weight is 371 g/mol. The van der Waals surface area contributed by atoms with Gasteiger partial charge in [-0.25, -0.2) is 9.37 Å². The third-order valence-corrected chi connectivity index (χ3v) is 4.93. The maximum absolute atomic E-state index is 13.1. The van der Waals surface area contributed by atoms with Crippen LogP contribution in [0.5, 0.6) is 0 Å². The van der Waals surface area contributed by atoms with Crippen molar-refractivity contribution in [2.75, 3.05) is 50.9 Å². The fourth-order valence-corrected chi connectivity index (χ4v) is 3.39. The molecule has 27 heavy (non-hydrogen) atoms. The molecule has 7 heteroatoms. The molecule has 1 aromatic carbocycles. The van der Waals surface area contributed by atoms with Gasteiger partial charge < -0.3 is 19.3 Å². The van der Waals surface area contributed by atoms with Crippen LogP contribution in [0, 0.1) is 5.82 Å². The Morgan fingerprint density at radius 1 is 1.04 bits per heavy atom. The van der Waals surface area contributed by atoms with Gasteiger partial charge >= 0.3 is 0 Å². The maximum Gasteiger partial charge on any atom is 0.255 e. The largest absolute Gasteiger partial charge is 0.378 e. The Balaban J connectivity index is 1.43. The molecule has 0 spiro atoms. The number of pyridine rings is 1. The van der Waals surface area contributed by atoms with E-state index in [-0.39, 0.29) is 17.8 Å². The van der Waals surface area contributed by atoms with Crippen molar-refractivity contribution in [3.8, 4) is 0 Å². The summed E-state index contributed by atoms with van der Waals surface area (Å²) in [5.41, 5.74) is 1.53. The van der Waals surface area contributed by atoms with Crippen LogP contribution in [0.1, 0.15) is 22.0 Å². The summed E-state index contributed by atoms with van der Waals surface area (Å²) >= 11 is 0. The number of ether oxygens (including phenoxy) is 2. The highest BCUT2D eigenvalue weighted by atomic mass is 19.1. The van der Waals surface area contributed by atoms with Crippen LogP contribution in [0.15, 0.2) is 42.6 Å². The van der Waals surface area contributed by atoms with Crippen LogP contribution in [-0.4, -0.2) is 61.8 Å². The van der Waals surface area contributed by atoms with E-state index in [9.17, 15) is 9.18 Å². The molecular formula is C20H22FN3O3. The van der Waals surface area contributed by atoms with Gasteiger partial charge in [-0.15, -0.1) is 0 Å². The lowest BCUT2D eigenvalue weighted by Gasteiger charge is -2.34. The molecule has 0 radical (unpaired) electrons. The lowest BCUT2D eigenvalue weighted by Crippen LogP contribution is -2.41. The lowest BCUT2D eigenvalue weighted by molar-refractivity contribution is 0.0302. The molecule has 2 aliphatic heterocycles. The molecular weight excluding hydrogens is 349 g/mol. The minimum atomic E-state index is -0.256. The zero-order valence-electron chi connectivity index (χ0n) is 15.0. The van der Waals surface area contributed by atoms with Crippen molar-refractivity contribution in [2.45, 2.75) is 6.10 Å². The van der Waals surface area contributed by atoms with Gasteiger partial charge in [0.2, 0.25) is 0 Å². The highest BCUT2D eigenvalue weighted by Gasteiger charge is 2.24. The third-order valence-electron chi connectivity index (χ3n) is 4.93. The van der Waals surface area contributed by atoms with E-state index in [1.165, 1.54) is 12.1 Å². The second-order valence-corrected chi connectivity index (χ2v) is 6.67. The Morgan fingerprint density at radius 2 is 1.81 bits per heavy atom. The number of anilines is 1. The van der Waals surface area contributed by atoms with Gasteiger partial charge in [-0.1, -0.05) is 12.1 Å². The Bertz CT molecular complexity index is 776. The summed E-state index contributed by atoms with van der Waals surface area (Å²) in [6.07, 6.45) is 1.51. The summed E-state index contributed by atoms with van der Waals surface area (Å²) < 4.78 is 24.3. The number of carbonyl (C=O) groups excluding carboxylic acids is 1. The topological polar surface area (TPSA) is 54.9 Å². The minimum Gasteiger partial charge on any atom is -0.378 e. The first kappa shape index (κ1) is 17.9. The summed E-state index contributed by atoms with van der Waals surface area (Å²) in [5, 5.41) is 0. The standard InChI is InChI=1S/C20H22FN3O3/c21-17-4-1-15(2-5-17)18-14-24(9-12-27-18)19-6-3-16(13-22-19)20(25)23-7-10-26-11-8-23/h1-6,13,18H,7-12,14H2/t18-/m1/s1. The summed E-state index contributed by atoms with van der Waals surface area (Å²) in [5.74, 6) is 0.543. The fraction of sp³-hybridized carbons (Fsp3) is 0.400. The van der Waals surface area contributed by atoms with Crippen molar-refractivity contribution in [2.24, 2.45) is 0 Å². The summed E-state index contributed by atoms with van der Waals surface area (Å²) in [4.78, 5) is 20.9. The molecule has 4 rings (SSSR count). The number of rotatable bonds is 3. The van der Waals surface area contributed by atoms with E-state index in [0.717, 1.165) is 17.9 Å². The Hall–Kier alpha value is -2.51. The zero-order chi connectivity index (χ0) is 18.6. The number of morpholine rings is 2. The third kappa shape index (κ3) is 4.09. The van der Waals surface area contributed by atoms with Crippen LogP contribution in [0.2, 0.25) is 0 Å². The molecule has 0 bridgehead atoms. The van der Waals surface area contributed by atoms with Crippen LogP contribution in [0.25, 0.3) is 0 Å². The number of halogens is 1. The van der Waals surface area contributed by atoms with Gasteiger partial charge in [0.05, 0.1) is 25.4 Å². The second-order valence-electron chi connectivity index (χ2n) is 6.67. The number of amides is 1. The Kier molecular flexibility index (Phi) is 5.31. The van der Waals surface area contributed by atoms with Crippen LogP contribution in [0.4, 0.5) is 10.2 Å². The normalized spacial score (nSPS) is 20.6. The summed E-state index contributed by atoms with van der Waals surface area (Å²) in [7, 11) is 0. The van der Waals surface area contributed by atoms with Crippen LogP contribution >= 0.6 is 0 Å². The van der Waals surface area contributed by atoms with Crippen molar-refractivity contribution in [1.29, 1.82) is 0 Å². The molecule has 2 aromatic rings. The fourth-order valence-electron chi connectivity index (χ4n) is 3.39. The number of hydrogen-bond acceptors (Lipinski definition) is 5. The predicted octanol–water partition coefficient (Wildman–Crippen LogP) is 2.27. The first-order valence-corrected chi connectivity index (χ1v) is 9.16. The van der Waals surface area contributed by atoms with Gasteiger partial charge in [-0.05, 0) is 29.8 Å². The molecule has 2 fully saturated rings. The molecule has 1 aromatic heterocycles. The first-order chi connectivity index (χ1) is 13.2. The van der Waals surface area contributed by atoms with Crippen LogP contribution in [0.3, 0.4) is 0 Å². The molecule has 0 aliphatic carbocycles. The van der Waals surface area contributed by atoms with E-state index in [0.29, 0.717) is 45.0 Å². The minimum absolute atomic E-state index is 0.0106. The molecule has 2 aliphatic rings. The Labute approximate surface area is 157 Å². The second kappa shape index (κ2) is 8.02. The SMILES string of the molecule is O=C(c1ccc(N2CCO[C@@H](c3ccc(F)cc3)C2)nc1)N1CCOCC1. The highest BCUT2D eigenvalue weighted by molar-refractivity contribution is 5.94. The van der Waals surface area contributed by atoms with Gasteiger partial charge in [-0.3, -0.25) is 4.79 Å². The first-order valence-electron chi connectivity index (χ1n) is 9.16. The van der Waals surface area contributed by atoms with Gasteiger partial charge in [0.25, 0.3) is 5.91 Å². The molecule has 142 valence electrons. The molecule has 0 N–H and O–H groups in total. The molecule has 6 nitrogen and oxygen atoms in total. The predicted molar refractivity (Wildman–Crippen MR) is 98.3 cm³/mol. The molecule has 0 unspecified atom stereocenters. The number of carbonyl (C=O) groups is 1.